The Morgan fingerprint density at radius 2 is 2.19 bits per heavy atom. The molecule has 1 unspecified atom stereocenters. The molecule has 0 radical (unpaired) electrons. The van der Waals surface area contributed by atoms with Gasteiger partial charge in [0.25, 0.3) is 0 Å². The Labute approximate surface area is 102 Å². The van der Waals surface area contributed by atoms with E-state index in [9.17, 15) is 0 Å². The van der Waals surface area contributed by atoms with E-state index in [0.29, 0.717) is 0 Å². The van der Waals surface area contributed by atoms with Crippen LogP contribution in [-0.2, 0) is 6.42 Å². The van der Waals surface area contributed by atoms with Gasteiger partial charge in [-0.1, -0.05) is 12.1 Å². The van der Waals surface area contributed by atoms with Gasteiger partial charge in [0.1, 0.15) is 5.75 Å². The van der Waals surface area contributed by atoms with Gasteiger partial charge in [-0.15, -0.1) is 0 Å². The molecule has 1 aromatic rings. The van der Waals surface area contributed by atoms with Crippen molar-refractivity contribution in [3.05, 3.63) is 29.8 Å². The summed E-state index contributed by atoms with van der Waals surface area (Å²) in [5, 5.41) is 3.61. The Balaban J connectivity index is 1.71. The normalized spacial score (nSPS) is 19.9. The van der Waals surface area contributed by atoms with Crippen LogP contribution in [0.25, 0.3) is 0 Å². The van der Waals surface area contributed by atoms with Crippen molar-refractivity contribution in [2.45, 2.75) is 18.9 Å². The van der Waals surface area contributed by atoms with Gasteiger partial charge in [-0.2, -0.15) is 11.8 Å². The first-order chi connectivity index (χ1) is 7.88. The molecule has 1 heterocycles. The molecule has 16 heavy (non-hydrogen) atoms. The minimum atomic E-state index is 0.739. The molecule has 2 rings (SSSR count). The van der Waals surface area contributed by atoms with Crippen molar-refractivity contribution in [1.82, 2.24) is 5.32 Å². The van der Waals surface area contributed by atoms with Crippen molar-refractivity contribution in [3.63, 3.8) is 0 Å². The molecule has 1 aromatic carbocycles. The van der Waals surface area contributed by atoms with Gasteiger partial charge in [0, 0.05) is 11.8 Å². The topological polar surface area (TPSA) is 21.3 Å². The second-order valence-corrected chi connectivity index (χ2v) is 5.26. The van der Waals surface area contributed by atoms with E-state index in [1.54, 1.807) is 7.11 Å². The summed E-state index contributed by atoms with van der Waals surface area (Å²) >= 11 is 2.05. The number of thioether (sulfide) groups is 1. The fourth-order valence-electron chi connectivity index (χ4n) is 1.91. The number of nitrogens with one attached hydrogen (secondary N) is 1. The average Bonchev–Trinajstić information content (AvgIpc) is 2.83. The van der Waals surface area contributed by atoms with Crippen LogP contribution in [0, 0.1) is 0 Å². The third-order valence-electron chi connectivity index (χ3n) is 2.94. The lowest BCUT2D eigenvalue weighted by molar-refractivity contribution is 0.414. The zero-order valence-electron chi connectivity index (χ0n) is 9.74. The molecule has 0 aromatic heterocycles. The van der Waals surface area contributed by atoms with Crippen molar-refractivity contribution in [1.29, 1.82) is 0 Å². The number of hydrogen-bond donors (Lipinski definition) is 1. The van der Waals surface area contributed by atoms with Crippen molar-refractivity contribution in [2.75, 3.05) is 25.2 Å². The van der Waals surface area contributed by atoms with Crippen LogP contribution in [0.2, 0.25) is 0 Å². The summed E-state index contributed by atoms with van der Waals surface area (Å²) in [5.74, 6) is 3.53. The fourth-order valence-corrected chi connectivity index (χ4v) is 3.10. The van der Waals surface area contributed by atoms with Gasteiger partial charge < -0.3 is 10.1 Å². The van der Waals surface area contributed by atoms with E-state index >= 15 is 0 Å². The minimum absolute atomic E-state index is 0.739. The van der Waals surface area contributed by atoms with Crippen molar-refractivity contribution < 1.29 is 4.74 Å². The Bertz CT molecular complexity index is 306. The molecule has 0 bridgehead atoms. The monoisotopic (exact) mass is 237 g/mol. The zero-order chi connectivity index (χ0) is 11.2. The molecule has 1 aliphatic heterocycles. The Hall–Kier alpha value is -0.670. The van der Waals surface area contributed by atoms with E-state index in [1.807, 2.05) is 12.1 Å². The van der Waals surface area contributed by atoms with Crippen LogP contribution in [0.4, 0.5) is 0 Å². The SMILES string of the molecule is COc1ccc(CCNC2CCSC2)cc1. The van der Waals surface area contributed by atoms with Crippen LogP contribution in [0.1, 0.15) is 12.0 Å². The lowest BCUT2D eigenvalue weighted by atomic mass is 10.1. The number of rotatable bonds is 5. The maximum Gasteiger partial charge on any atom is 0.118 e. The second kappa shape index (κ2) is 6.16. The zero-order valence-corrected chi connectivity index (χ0v) is 10.6. The predicted octanol–water partition coefficient (Wildman–Crippen LogP) is 2.33. The van der Waals surface area contributed by atoms with E-state index in [4.69, 9.17) is 4.74 Å². The molecular weight excluding hydrogens is 218 g/mol. The summed E-state index contributed by atoms with van der Waals surface area (Å²) in [4.78, 5) is 0. The summed E-state index contributed by atoms with van der Waals surface area (Å²) in [6, 6.07) is 9.08. The fraction of sp³-hybridized carbons (Fsp3) is 0.538. The van der Waals surface area contributed by atoms with Crippen molar-refractivity contribution in [3.8, 4) is 5.75 Å². The Kier molecular flexibility index (Phi) is 4.55. The Morgan fingerprint density at radius 1 is 1.38 bits per heavy atom. The molecule has 1 N–H and O–H groups in total. The number of methoxy groups -OCH3 is 1. The van der Waals surface area contributed by atoms with Gasteiger partial charge in [-0.25, -0.2) is 0 Å². The van der Waals surface area contributed by atoms with E-state index in [1.165, 1.54) is 23.5 Å². The first kappa shape index (κ1) is 11.8. The molecule has 1 fully saturated rings. The highest BCUT2D eigenvalue weighted by molar-refractivity contribution is 7.99. The maximum atomic E-state index is 5.14. The van der Waals surface area contributed by atoms with Gasteiger partial charge in [-0.3, -0.25) is 0 Å². The van der Waals surface area contributed by atoms with E-state index < -0.39 is 0 Å². The molecule has 1 aliphatic rings. The largest absolute Gasteiger partial charge is 0.497 e. The number of ether oxygens (including phenoxy) is 1. The van der Waals surface area contributed by atoms with Gasteiger partial charge in [0.2, 0.25) is 0 Å². The van der Waals surface area contributed by atoms with Gasteiger partial charge in [0.15, 0.2) is 0 Å². The lowest BCUT2D eigenvalue weighted by Crippen LogP contribution is -2.30. The first-order valence-electron chi connectivity index (χ1n) is 5.82. The minimum Gasteiger partial charge on any atom is -0.497 e. The molecule has 0 saturated carbocycles. The molecular formula is C13H19NOS. The highest BCUT2D eigenvalue weighted by Crippen LogP contribution is 2.17. The highest BCUT2D eigenvalue weighted by Gasteiger charge is 2.13. The van der Waals surface area contributed by atoms with Crippen LogP contribution >= 0.6 is 11.8 Å². The number of benzene rings is 1. The van der Waals surface area contributed by atoms with Crippen LogP contribution < -0.4 is 10.1 Å². The predicted molar refractivity (Wildman–Crippen MR) is 70.4 cm³/mol. The summed E-state index contributed by atoms with van der Waals surface area (Å²) in [7, 11) is 1.70. The highest BCUT2D eigenvalue weighted by atomic mass is 32.2. The molecule has 1 saturated heterocycles. The average molecular weight is 237 g/mol. The van der Waals surface area contributed by atoms with Gasteiger partial charge in [-0.05, 0) is 42.8 Å². The third-order valence-corrected chi connectivity index (χ3v) is 4.10. The van der Waals surface area contributed by atoms with Gasteiger partial charge in [0.05, 0.1) is 7.11 Å². The summed E-state index contributed by atoms with van der Waals surface area (Å²) in [6.07, 6.45) is 2.43. The standard InChI is InChI=1S/C13H19NOS/c1-15-13-4-2-11(3-5-13)6-8-14-12-7-9-16-10-12/h2-5,12,14H,6-10H2,1H3. The molecule has 0 amide bonds. The van der Waals surface area contributed by atoms with Crippen LogP contribution in [0.5, 0.6) is 5.75 Å². The molecule has 2 nitrogen and oxygen atoms in total. The summed E-state index contributed by atoms with van der Waals surface area (Å²) < 4.78 is 5.14. The van der Waals surface area contributed by atoms with Crippen LogP contribution in [0.3, 0.4) is 0 Å². The molecule has 0 aliphatic carbocycles. The third kappa shape index (κ3) is 3.42. The quantitative estimate of drug-likeness (QED) is 0.849. The number of hydrogen-bond acceptors (Lipinski definition) is 3. The summed E-state index contributed by atoms with van der Waals surface area (Å²) in [6.45, 7) is 1.08. The molecule has 0 spiro atoms. The smallest absolute Gasteiger partial charge is 0.118 e. The molecule has 88 valence electrons. The maximum absolute atomic E-state index is 5.14. The first-order valence-corrected chi connectivity index (χ1v) is 6.98. The van der Waals surface area contributed by atoms with Crippen LogP contribution in [-0.4, -0.2) is 31.2 Å². The molecule has 3 heteroatoms. The van der Waals surface area contributed by atoms with E-state index in [-0.39, 0.29) is 0 Å². The lowest BCUT2D eigenvalue weighted by Gasteiger charge is -2.10. The van der Waals surface area contributed by atoms with Crippen LogP contribution in [0.15, 0.2) is 24.3 Å². The van der Waals surface area contributed by atoms with Crippen molar-refractivity contribution >= 4 is 11.8 Å². The van der Waals surface area contributed by atoms with Crippen molar-refractivity contribution in [2.24, 2.45) is 0 Å². The Morgan fingerprint density at radius 3 is 2.81 bits per heavy atom. The summed E-state index contributed by atoms with van der Waals surface area (Å²) in [5.41, 5.74) is 1.37. The van der Waals surface area contributed by atoms with E-state index in [0.717, 1.165) is 24.8 Å². The second-order valence-electron chi connectivity index (χ2n) is 4.11. The molecule has 1 atom stereocenters. The van der Waals surface area contributed by atoms with E-state index in [2.05, 4.69) is 29.2 Å². The van der Waals surface area contributed by atoms with Gasteiger partial charge >= 0.3 is 0 Å².